The number of amides is 1. The fourth-order valence-corrected chi connectivity index (χ4v) is 3.55. The molecular formula is C20H23N5O3. The average Bonchev–Trinajstić information content (AvgIpc) is 3.26. The van der Waals surface area contributed by atoms with Gasteiger partial charge in [-0.1, -0.05) is 6.07 Å². The van der Waals surface area contributed by atoms with Gasteiger partial charge in [0.2, 0.25) is 0 Å². The lowest BCUT2D eigenvalue weighted by Crippen LogP contribution is -2.42. The molecule has 2 N–H and O–H groups in total. The van der Waals surface area contributed by atoms with Crippen molar-refractivity contribution >= 4 is 5.91 Å². The second-order valence-electron chi connectivity index (χ2n) is 7.00. The number of ether oxygens (including phenoxy) is 2. The molecule has 2 aromatic heterocycles. The number of carbonyl (C=O) groups excluding carboxylic acids is 1. The lowest BCUT2D eigenvalue weighted by atomic mass is 10.0. The Kier molecular flexibility index (Phi) is 4.54. The van der Waals surface area contributed by atoms with Gasteiger partial charge in [0.1, 0.15) is 23.8 Å². The number of hydrogen-bond acceptors (Lipinski definition) is 5. The van der Waals surface area contributed by atoms with E-state index in [2.05, 4.69) is 20.6 Å². The van der Waals surface area contributed by atoms with E-state index in [0.717, 1.165) is 34.0 Å². The van der Waals surface area contributed by atoms with E-state index in [-0.39, 0.29) is 11.9 Å². The van der Waals surface area contributed by atoms with Crippen LogP contribution in [0, 0.1) is 13.8 Å². The number of rotatable bonds is 4. The van der Waals surface area contributed by atoms with Gasteiger partial charge in [0.05, 0.1) is 24.5 Å². The smallest absolute Gasteiger partial charge is 0.269 e. The molecule has 0 aliphatic carbocycles. The van der Waals surface area contributed by atoms with Crippen LogP contribution in [0.4, 0.5) is 0 Å². The van der Waals surface area contributed by atoms with Gasteiger partial charge in [-0.2, -0.15) is 10.2 Å². The first-order valence-electron chi connectivity index (χ1n) is 9.13. The Bertz CT molecular complexity index is 1040. The Morgan fingerprint density at radius 2 is 2.18 bits per heavy atom. The van der Waals surface area contributed by atoms with Crippen molar-refractivity contribution in [1.29, 1.82) is 0 Å². The van der Waals surface area contributed by atoms with Crippen LogP contribution >= 0.6 is 0 Å². The summed E-state index contributed by atoms with van der Waals surface area (Å²) >= 11 is 0. The number of fused-ring (bicyclic) bond motifs is 1. The SMILES string of the molecule is COc1ccc2c(c1)OCC(NC(=O)c1cc(-c3c(C)nn(C)c3C)n[nH]1)C2. The molecule has 3 heterocycles. The number of carbonyl (C=O) groups is 1. The van der Waals surface area contributed by atoms with E-state index in [0.29, 0.717) is 24.4 Å². The second kappa shape index (κ2) is 7.03. The largest absolute Gasteiger partial charge is 0.497 e. The van der Waals surface area contributed by atoms with Gasteiger partial charge < -0.3 is 14.8 Å². The highest BCUT2D eigenvalue weighted by Crippen LogP contribution is 2.29. The molecule has 0 spiro atoms. The fourth-order valence-electron chi connectivity index (χ4n) is 3.55. The molecule has 1 amide bonds. The summed E-state index contributed by atoms with van der Waals surface area (Å²) in [5.74, 6) is 1.35. The standard InChI is InChI=1S/C20H23N5O3/c1-11-19(12(2)25(3)24-11)16-9-17(23-22-16)20(26)21-14-7-13-5-6-15(27-4)8-18(13)28-10-14/h5-6,8-9,14H,7,10H2,1-4H3,(H,21,26)(H,22,23). The van der Waals surface area contributed by atoms with Crippen molar-refractivity contribution in [1.82, 2.24) is 25.3 Å². The van der Waals surface area contributed by atoms with Crippen LogP contribution < -0.4 is 14.8 Å². The van der Waals surface area contributed by atoms with Crippen molar-refractivity contribution in [2.45, 2.75) is 26.3 Å². The highest BCUT2D eigenvalue weighted by atomic mass is 16.5. The van der Waals surface area contributed by atoms with Gasteiger partial charge >= 0.3 is 0 Å². The van der Waals surface area contributed by atoms with E-state index in [9.17, 15) is 4.79 Å². The predicted octanol–water partition coefficient (Wildman–Crippen LogP) is 2.17. The van der Waals surface area contributed by atoms with E-state index in [1.807, 2.05) is 43.8 Å². The van der Waals surface area contributed by atoms with Gasteiger partial charge in [-0.3, -0.25) is 14.6 Å². The quantitative estimate of drug-likeness (QED) is 0.722. The van der Waals surface area contributed by atoms with Crippen molar-refractivity contribution in [3.05, 3.63) is 46.9 Å². The number of nitrogens with zero attached hydrogens (tertiary/aromatic N) is 3. The first-order valence-corrected chi connectivity index (χ1v) is 9.13. The molecule has 1 aliphatic rings. The Labute approximate surface area is 162 Å². The van der Waals surface area contributed by atoms with Gasteiger partial charge in [-0.25, -0.2) is 0 Å². The van der Waals surface area contributed by atoms with Crippen molar-refractivity contribution in [2.24, 2.45) is 7.05 Å². The first kappa shape index (κ1) is 18.1. The number of methoxy groups -OCH3 is 1. The van der Waals surface area contributed by atoms with Crippen LogP contribution in [0.1, 0.15) is 27.4 Å². The lowest BCUT2D eigenvalue weighted by molar-refractivity contribution is 0.0910. The molecule has 8 nitrogen and oxygen atoms in total. The summed E-state index contributed by atoms with van der Waals surface area (Å²) in [5, 5.41) is 14.6. The molecule has 3 aromatic rings. The third kappa shape index (κ3) is 3.21. The highest BCUT2D eigenvalue weighted by molar-refractivity contribution is 5.93. The molecule has 0 bridgehead atoms. The topological polar surface area (TPSA) is 94.1 Å². The van der Waals surface area contributed by atoms with E-state index in [1.165, 1.54) is 0 Å². The molecule has 0 fully saturated rings. The summed E-state index contributed by atoms with van der Waals surface area (Å²) in [6.07, 6.45) is 0.701. The number of nitrogens with one attached hydrogen (secondary N) is 2. The molecule has 4 rings (SSSR count). The number of benzene rings is 1. The molecule has 0 radical (unpaired) electrons. The van der Waals surface area contributed by atoms with Gasteiger partial charge in [0.15, 0.2) is 0 Å². The van der Waals surface area contributed by atoms with Crippen LogP contribution in [0.2, 0.25) is 0 Å². The third-order valence-corrected chi connectivity index (χ3v) is 5.10. The van der Waals surface area contributed by atoms with E-state index < -0.39 is 0 Å². The minimum atomic E-state index is -0.205. The summed E-state index contributed by atoms with van der Waals surface area (Å²) < 4.78 is 12.8. The molecule has 1 aromatic carbocycles. The van der Waals surface area contributed by atoms with Crippen molar-refractivity contribution in [3.63, 3.8) is 0 Å². The zero-order chi connectivity index (χ0) is 19.8. The lowest BCUT2D eigenvalue weighted by Gasteiger charge is -2.26. The van der Waals surface area contributed by atoms with Gasteiger partial charge in [-0.05, 0) is 38.0 Å². The van der Waals surface area contributed by atoms with Crippen LogP contribution in [-0.2, 0) is 13.5 Å². The molecular weight excluding hydrogens is 358 g/mol. The van der Waals surface area contributed by atoms with Crippen LogP contribution in [0.3, 0.4) is 0 Å². The molecule has 146 valence electrons. The maximum absolute atomic E-state index is 12.7. The number of aryl methyl sites for hydroxylation is 2. The summed E-state index contributed by atoms with van der Waals surface area (Å²) in [5.41, 5.74) is 5.00. The normalized spacial score (nSPS) is 15.6. The van der Waals surface area contributed by atoms with Gasteiger partial charge in [-0.15, -0.1) is 0 Å². The number of aromatic amines is 1. The molecule has 0 saturated carbocycles. The molecule has 28 heavy (non-hydrogen) atoms. The molecule has 1 atom stereocenters. The highest BCUT2D eigenvalue weighted by Gasteiger charge is 2.24. The monoisotopic (exact) mass is 381 g/mol. The maximum atomic E-state index is 12.7. The van der Waals surface area contributed by atoms with Crippen LogP contribution in [0.15, 0.2) is 24.3 Å². The van der Waals surface area contributed by atoms with Crippen LogP contribution in [0.5, 0.6) is 11.5 Å². The second-order valence-corrected chi connectivity index (χ2v) is 7.00. The summed E-state index contributed by atoms with van der Waals surface area (Å²) in [6.45, 7) is 4.33. The van der Waals surface area contributed by atoms with Gasteiger partial charge in [0.25, 0.3) is 5.91 Å². The van der Waals surface area contributed by atoms with Crippen molar-refractivity contribution in [3.8, 4) is 22.8 Å². The van der Waals surface area contributed by atoms with Gasteiger partial charge in [0, 0.05) is 24.4 Å². The molecule has 8 heteroatoms. The molecule has 0 saturated heterocycles. The predicted molar refractivity (Wildman–Crippen MR) is 104 cm³/mol. The number of hydrogen-bond donors (Lipinski definition) is 2. The third-order valence-electron chi connectivity index (χ3n) is 5.10. The summed E-state index contributed by atoms with van der Waals surface area (Å²) in [6, 6.07) is 7.38. The number of aromatic nitrogens is 4. The van der Waals surface area contributed by atoms with Crippen LogP contribution in [0.25, 0.3) is 11.3 Å². The van der Waals surface area contributed by atoms with Crippen molar-refractivity contribution in [2.75, 3.05) is 13.7 Å². The Balaban J connectivity index is 1.47. The fraction of sp³-hybridized carbons (Fsp3) is 0.350. The first-order chi connectivity index (χ1) is 13.5. The van der Waals surface area contributed by atoms with E-state index >= 15 is 0 Å². The molecule has 1 aliphatic heterocycles. The van der Waals surface area contributed by atoms with Crippen molar-refractivity contribution < 1.29 is 14.3 Å². The minimum Gasteiger partial charge on any atom is -0.497 e. The Morgan fingerprint density at radius 3 is 2.89 bits per heavy atom. The zero-order valence-corrected chi connectivity index (χ0v) is 16.4. The number of H-pyrrole nitrogens is 1. The van der Waals surface area contributed by atoms with E-state index in [1.54, 1.807) is 13.2 Å². The summed E-state index contributed by atoms with van der Waals surface area (Å²) in [7, 11) is 3.52. The average molecular weight is 381 g/mol. The Morgan fingerprint density at radius 1 is 1.36 bits per heavy atom. The Hall–Kier alpha value is -3.29. The van der Waals surface area contributed by atoms with Crippen LogP contribution in [-0.4, -0.2) is 45.6 Å². The van der Waals surface area contributed by atoms with E-state index in [4.69, 9.17) is 9.47 Å². The summed E-state index contributed by atoms with van der Waals surface area (Å²) in [4.78, 5) is 12.7. The maximum Gasteiger partial charge on any atom is 0.269 e. The zero-order valence-electron chi connectivity index (χ0n) is 16.4. The minimum absolute atomic E-state index is 0.109. The molecule has 1 unspecified atom stereocenters.